The normalized spacial score (nSPS) is 10.6. The van der Waals surface area contributed by atoms with Gasteiger partial charge in [0.05, 0.1) is 27.2 Å². The molecule has 0 bridgehead atoms. The van der Waals surface area contributed by atoms with Crippen LogP contribution in [0.15, 0.2) is 24.4 Å². The number of pyridine rings is 1. The molecule has 0 atom stereocenters. The molecule has 0 spiro atoms. The van der Waals surface area contributed by atoms with Crippen LogP contribution in [0.25, 0.3) is 11.3 Å². The molecular formula is C13H7Cl4NO2. The van der Waals surface area contributed by atoms with Crippen LogP contribution in [0.3, 0.4) is 0 Å². The summed E-state index contributed by atoms with van der Waals surface area (Å²) in [6.07, 6.45) is 1.05. The SMILES string of the molecule is O=C(O)Cc1c(Cl)cnc(-c2cc(Cl)ccc2Cl)c1Cl. The second kappa shape index (κ2) is 6.19. The van der Waals surface area contributed by atoms with Crippen molar-refractivity contribution in [3.63, 3.8) is 0 Å². The first kappa shape index (κ1) is 15.4. The molecule has 7 heteroatoms. The number of aromatic nitrogens is 1. The van der Waals surface area contributed by atoms with Crippen molar-refractivity contribution < 1.29 is 9.90 Å². The number of hydrogen-bond acceptors (Lipinski definition) is 2. The second-order valence-electron chi connectivity index (χ2n) is 3.94. The molecule has 20 heavy (non-hydrogen) atoms. The van der Waals surface area contributed by atoms with Gasteiger partial charge in [-0.3, -0.25) is 9.78 Å². The van der Waals surface area contributed by atoms with E-state index in [0.29, 0.717) is 26.9 Å². The molecule has 0 saturated heterocycles. The highest BCUT2D eigenvalue weighted by molar-refractivity contribution is 6.39. The van der Waals surface area contributed by atoms with Crippen LogP contribution < -0.4 is 0 Å². The van der Waals surface area contributed by atoms with Crippen LogP contribution in [0.1, 0.15) is 5.56 Å². The van der Waals surface area contributed by atoms with Gasteiger partial charge in [-0.05, 0) is 18.2 Å². The maximum absolute atomic E-state index is 10.9. The molecule has 0 aliphatic heterocycles. The van der Waals surface area contributed by atoms with Crippen LogP contribution in [0, 0.1) is 0 Å². The fourth-order valence-electron chi connectivity index (χ4n) is 1.68. The van der Waals surface area contributed by atoms with Gasteiger partial charge >= 0.3 is 5.97 Å². The molecule has 1 aromatic heterocycles. The number of carboxylic acids is 1. The van der Waals surface area contributed by atoms with Crippen LogP contribution >= 0.6 is 46.4 Å². The lowest BCUT2D eigenvalue weighted by molar-refractivity contribution is -0.136. The Morgan fingerprint density at radius 3 is 2.50 bits per heavy atom. The summed E-state index contributed by atoms with van der Waals surface area (Å²) in [6, 6.07) is 4.86. The zero-order chi connectivity index (χ0) is 14.9. The Morgan fingerprint density at radius 1 is 1.15 bits per heavy atom. The van der Waals surface area contributed by atoms with Gasteiger partial charge in [0, 0.05) is 22.3 Å². The smallest absolute Gasteiger partial charge is 0.307 e. The zero-order valence-corrected chi connectivity index (χ0v) is 12.9. The highest BCUT2D eigenvalue weighted by Gasteiger charge is 2.18. The maximum atomic E-state index is 10.9. The molecule has 1 aromatic carbocycles. The molecule has 1 N–H and O–H groups in total. The molecule has 2 aromatic rings. The molecular weight excluding hydrogens is 344 g/mol. The predicted molar refractivity (Wildman–Crippen MR) is 81.1 cm³/mol. The summed E-state index contributed by atoms with van der Waals surface area (Å²) in [5.41, 5.74) is 1.16. The number of rotatable bonds is 3. The summed E-state index contributed by atoms with van der Waals surface area (Å²) in [4.78, 5) is 15.0. The molecule has 3 nitrogen and oxygen atoms in total. The van der Waals surface area contributed by atoms with E-state index in [0.717, 1.165) is 0 Å². The highest BCUT2D eigenvalue weighted by Crippen LogP contribution is 2.37. The molecule has 1 heterocycles. The minimum atomic E-state index is -1.04. The van der Waals surface area contributed by atoms with Gasteiger partial charge in [-0.15, -0.1) is 0 Å². The Kier molecular flexibility index (Phi) is 4.76. The number of carbonyl (C=O) groups is 1. The largest absolute Gasteiger partial charge is 0.481 e. The predicted octanol–water partition coefficient (Wildman–Crippen LogP) is 4.99. The van der Waals surface area contributed by atoms with E-state index in [9.17, 15) is 4.79 Å². The van der Waals surface area contributed by atoms with E-state index < -0.39 is 5.97 Å². The lowest BCUT2D eigenvalue weighted by atomic mass is 10.1. The monoisotopic (exact) mass is 349 g/mol. The van der Waals surface area contributed by atoms with Crippen LogP contribution in [0.5, 0.6) is 0 Å². The summed E-state index contributed by atoms with van der Waals surface area (Å²) < 4.78 is 0. The third-order valence-corrected chi connectivity index (χ3v) is 3.88. The summed E-state index contributed by atoms with van der Waals surface area (Å²) in [6.45, 7) is 0. The molecule has 0 amide bonds. The maximum Gasteiger partial charge on any atom is 0.307 e. The summed E-state index contributed by atoms with van der Waals surface area (Å²) in [5, 5.41) is 10.1. The molecule has 104 valence electrons. The molecule has 0 fully saturated rings. The van der Waals surface area contributed by atoms with Gasteiger partial charge in [0.15, 0.2) is 0 Å². The molecule has 0 saturated carbocycles. The number of carboxylic acid groups (broad SMARTS) is 1. The lowest BCUT2D eigenvalue weighted by Gasteiger charge is -2.11. The molecule has 0 unspecified atom stereocenters. The minimum absolute atomic E-state index is 0.157. The first-order chi connectivity index (χ1) is 9.40. The van der Waals surface area contributed by atoms with Crippen molar-refractivity contribution in [3.05, 3.63) is 50.0 Å². The zero-order valence-electron chi connectivity index (χ0n) is 9.83. The number of hydrogen-bond donors (Lipinski definition) is 1. The van der Waals surface area contributed by atoms with Crippen LogP contribution in [0.2, 0.25) is 20.1 Å². The van der Waals surface area contributed by atoms with Crippen LogP contribution in [-0.2, 0) is 11.2 Å². The molecule has 0 aliphatic carbocycles. The Morgan fingerprint density at radius 2 is 1.85 bits per heavy atom. The van der Waals surface area contributed by atoms with E-state index in [2.05, 4.69) is 4.98 Å². The number of aliphatic carboxylic acids is 1. The third-order valence-electron chi connectivity index (χ3n) is 2.58. The van der Waals surface area contributed by atoms with Gasteiger partial charge in [-0.2, -0.15) is 0 Å². The fraction of sp³-hybridized carbons (Fsp3) is 0.0769. The van der Waals surface area contributed by atoms with Crippen molar-refractivity contribution in [2.24, 2.45) is 0 Å². The van der Waals surface area contributed by atoms with E-state index >= 15 is 0 Å². The molecule has 0 radical (unpaired) electrons. The first-order valence-electron chi connectivity index (χ1n) is 5.40. The average Bonchev–Trinajstić information content (AvgIpc) is 2.38. The summed E-state index contributed by atoms with van der Waals surface area (Å²) >= 11 is 24.2. The Bertz CT molecular complexity index is 688. The fourth-order valence-corrected chi connectivity index (χ4v) is 2.64. The van der Waals surface area contributed by atoms with Crippen molar-refractivity contribution in [1.29, 1.82) is 0 Å². The van der Waals surface area contributed by atoms with E-state index in [1.807, 2.05) is 0 Å². The van der Waals surface area contributed by atoms with Crippen LogP contribution in [0.4, 0.5) is 0 Å². The van der Waals surface area contributed by atoms with Gasteiger partial charge in [0.2, 0.25) is 0 Å². The van der Waals surface area contributed by atoms with Crippen molar-refractivity contribution in [3.8, 4) is 11.3 Å². The van der Waals surface area contributed by atoms with E-state index in [1.165, 1.54) is 6.20 Å². The van der Waals surface area contributed by atoms with Crippen LogP contribution in [-0.4, -0.2) is 16.1 Å². The number of nitrogens with zero attached hydrogens (tertiary/aromatic N) is 1. The second-order valence-corrected chi connectivity index (χ2v) is 5.57. The van der Waals surface area contributed by atoms with Gasteiger partial charge in [0.25, 0.3) is 0 Å². The molecule has 2 rings (SSSR count). The minimum Gasteiger partial charge on any atom is -0.481 e. The average molecular weight is 351 g/mol. The quantitative estimate of drug-likeness (QED) is 0.848. The van der Waals surface area contributed by atoms with E-state index in [4.69, 9.17) is 51.5 Å². The lowest BCUT2D eigenvalue weighted by Crippen LogP contribution is -2.03. The van der Waals surface area contributed by atoms with Crippen molar-refractivity contribution in [2.75, 3.05) is 0 Å². The third kappa shape index (κ3) is 3.18. The van der Waals surface area contributed by atoms with Crippen molar-refractivity contribution >= 4 is 52.4 Å². The van der Waals surface area contributed by atoms with Gasteiger partial charge < -0.3 is 5.11 Å². The standard InChI is InChI=1S/C13H7Cl4NO2/c14-6-1-2-9(15)8(3-6)13-12(17)7(4-11(19)20)10(16)5-18-13/h1-3,5H,4H2,(H,19,20). The Balaban J connectivity index is 2.63. The number of benzene rings is 1. The summed E-state index contributed by atoms with van der Waals surface area (Å²) in [5.74, 6) is -1.04. The summed E-state index contributed by atoms with van der Waals surface area (Å²) in [7, 11) is 0. The topological polar surface area (TPSA) is 50.2 Å². The van der Waals surface area contributed by atoms with E-state index in [1.54, 1.807) is 18.2 Å². The molecule has 0 aliphatic rings. The Hall–Kier alpha value is -1.000. The first-order valence-corrected chi connectivity index (χ1v) is 6.91. The van der Waals surface area contributed by atoms with E-state index in [-0.39, 0.29) is 16.5 Å². The van der Waals surface area contributed by atoms with Crippen molar-refractivity contribution in [2.45, 2.75) is 6.42 Å². The van der Waals surface area contributed by atoms with Crippen molar-refractivity contribution in [1.82, 2.24) is 4.98 Å². The number of halogens is 4. The van der Waals surface area contributed by atoms with Gasteiger partial charge in [-0.25, -0.2) is 0 Å². The highest BCUT2D eigenvalue weighted by atomic mass is 35.5. The Labute approximate surface area is 135 Å². The van der Waals surface area contributed by atoms with Gasteiger partial charge in [0.1, 0.15) is 0 Å². The van der Waals surface area contributed by atoms with Gasteiger partial charge in [-0.1, -0.05) is 46.4 Å².